The van der Waals surface area contributed by atoms with Crippen molar-refractivity contribution in [2.75, 3.05) is 6.61 Å². The molecule has 0 spiro atoms. The van der Waals surface area contributed by atoms with Crippen molar-refractivity contribution in [2.45, 2.75) is 6.18 Å². The average molecular weight is 238 g/mol. The first-order valence-corrected chi connectivity index (χ1v) is 4.02. The van der Waals surface area contributed by atoms with Crippen LogP contribution in [0.15, 0.2) is 18.2 Å². The number of carboxylic acids is 1. The lowest BCUT2D eigenvalue weighted by atomic mass is 10.2. The molecule has 0 fully saturated rings. The maximum Gasteiger partial charge on any atom is 0.416 e. The molecule has 0 aliphatic rings. The Bertz CT molecular complexity index is 400. The third kappa shape index (κ3) is 3.11. The van der Waals surface area contributed by atoms with Gasteiger partial charge in [-0.3, -0.25) is 0 Å². The lowest BCUT2D eigenvalue weighted by Crippen LogP contribution is -2.11. The molecule has 0 unspecified atom stereocenters. The Morgan fingerprint density at radius 2 is 2.00 bits per heavy atom. The average Bonchev–Trinajstić information content (AvgIpc) is 2.14. The summed E-state index contributed by atoms with van der Waals surface area (Å²) in [6, 6.07) is 1.53. The SMILES string of the molecule is O=C(O)COc1cc(C(F)(F)F)ccc1F. The van der Waals surface area contributed by atoms with E-state index < -0.39 is 35.9 Å². The van der Waals surface area contributed by atoms with E-state index in [2.05, 4.69) is 4.74 Å². The van der Waals surface area contributed by atoms with Gasteiger partial charge >= 0.3 is 12.1 Å². The fourth-order valence-corrected chi connectivity index (χ4v) is 0.930. The second-order valence-electron chi connectivity index (χ2n) is 2.83. The van der Waals surface area contributed by atoms with Crippen LogP contribution in [-0.4, -0.2) is 17.7 Å². The third-order valence-electron chi connectivity index (χ3n) is 1.61. The second-order valence-corrected chi connectivity index (χ2v) is 2.83. The van der Waals surface area contributed by atoms with Crippen LogP contribution in [0.3, 0.4) is 0 Å². The summed E-state index contributed by atoms with van der Waals surface area (Å²) < 4.78 is 53.9. The summed E-state index contributed by atoms with van der Waals surface area (Å²) in [5.41, 5.74) is -1.10. The van der Waals surface area contributed by atoms with Gasteiger partial charge in [0.2, 0.25) is 0 Å². The molecular weight excluding hydrogens is 232 g/mol. The summed E-state index contributed by atoms with van der Waals surface area (Å²) in [4.78, 5) is 10.1. The van der Waals surface area contributed by atoms with Crippen LogP contribution in [0, 0.1) is 5.82 Å². The smallest absolute Gasteiger partial charge is 0.416 e. The Morgan fingerprint density at radius 3 is 2.50 bits per heavy atom. The predicted molar refractivity (Wildman–Crippen MR) is 44.5 cm³/mol. The van der Waals surface area contributed by atoms with Crippen molar-refractivity contribution in [3.05, 3.63) is 29.6 Å². The largest absolute Gasteiger partial charge is 0.479 e. The molecule has 1 aromatic carbocycles. The minimum absolute atomic E-state index is 0.415. The zero-order valence-electron chi connectivity index (χ0n) is 7.71. The van der Waals surface area contributed by atoms with Crippen molar-refractivity contribution in [3.8, 4) is 5.75 Å². The molecule has 0 amide bonds. The van der Waals surface area contributed by atoms with E-state index in [1.165, 1.54) is 0 Å². The number of halogens is 4. The first-order valence-electron chi connectivity index (χ1n) is 4.02. The number of benzene rings is 1. The minimum atomic E-state index is -4.63. The number of carbonyl (C=O) groups is 1. The quantitative estimate of drug-likeness (QED) is 0.822. The first kappa shape index (κ1) is 12.3. The Balaban J connectivity index is 2.95. The molecule has 3 nitrogen and oxygen atoms in total. The summed E-state index contributed by atoms with van der Waals surface area (Å²) in [5, 5.41) is 8.23. The second kappa shape index (κ2) is 4.38. The summed E-state index contributed by atoms with van der Waals surface area (Å²) in [7, 11) is 0. The van der Waals surface area contributed by atoms with Crippen LogP contribution in [0.5, 0.6) is 5.75 Å². The van der Waals surface area contributed by atoms with Crippen LogP contribution in [0.1, 0.15) is 5.56 Å². The van der Waals surface area contributed by atoms with E-state index in [1.807, 2.05) is 0 Å². The van der Waals surface area contributed by atoms with Crippen molar-refractivity contribution in [1.29, 1.82) is 0 Å². The molecule has 0 heterocycles. The normalized spacial score (nSPS) is 11.2. The highest BCUT2D eigenvalue weighted by Crippen LogP contribution is 2.32. The van der Waals surface area contributed by atoms with Gasteiger partial charge in [-0.05, 0) is 18.2 Å². The number of hydrogen-bond donors (Lipinski definition) is 1. The number of hydrogen-bond acceptors (Lipinski definition) is 2. The van der Waals surface area contributed by atoms with Gasteiger partial charge in [0, 0.05) is 0 Å². The number of ether oxygens (including phenoxy) is 1. The van der Waals surface area contributed by atoms with Crippen molar-refractivity contribution in [2.24, 2.45) is 0 Å². The van der Waals surface area contributed by atoms with Gasteiger partial charge in [-0.2, -0.15) is 13.2 Å². The first-order chi connectivity index (χ1) is 7.30. The number of carboxylic acid groups (broad SMARTS) is 1. The molecule has 0 radical (unpaired) electrons. The van der Waals surface area contributed by atoms with Crippen molar-refractivity contribution in [1.82, 2.24) is 0 Å². The van der Waals surface area contributed by atoms with E-state index >= 15 is 0 Å². The lowest BCUT2D eigenvalue weighted by molar-refractivity contribution is -0.139. The van der Waals surface area contributed by atoms with Crippen LogP contribution in [0.4, 0.5) is 17.6 Å². The Morgan fingerprint density at radius 1 is 1.38 bits per heavy atom. The Kier molecular flexibility index (Phi) is 3.36. The van der Waals surface area contributed by atoms with Crippen LogP contribution in [0.25, 0.3) is 0 Å². The van der Waals surface area contributed by atoms with E-state index in [4.69, 9.17) is 5.11 Å². The standard InChI is InChI=1S/C9H6F4O3/c10-6-2-1-5(9(11,12)13)3-7(6)16-4-8(14)15/h1-3H,4H2,(H,14,15). The molecule has 0 aliphatic carbocycles. The fraction of sp³-hybridized carbons (Fsp3) is 0.222. The van der Waals surface area contributed by atoms with Crippen LogP contribution in [-0.2, 0) is 11.0 Å². The molecule has 0 bridgehead atoms. The van der Waals surface area contributed by atoms with E-state index in [0.717, 1.165) is 0 Å². The zero-order chi connectivity index (χ0) is 12.3. The maximum atomic E-state index is 12.9. The molecule has 7 heteroatoms. The number of aliphatic carboxylic acids is 1. The van der Waals surface area contributed by atoms with Gasteiger partial charge in [-0.15, -0.1) is 0 Å². The fourth-order valence-electron chi connectivity index (χ4n) is 0.930. The van der Waals surface area contributed by atoms with Crippen LogP contribution in [0.2, 0.25) is 0 Å². The van der Waals surface area contributed by atoms with E-state index in [-0.39, 0.29) is 0 Å². The Hall–Kier alpha value is -1.79. The Labute approximate surface area is 87.3 Å². The summed E-state index contributed by atoms with van der Waals surface area (Å²) in [5.74, 6) is -3.19. The van der Waals surface area contributed by atoms with Gasteiger partial charge in [0.15, 0.2) is 18.2 Å². The van der Waals surface area contributed by atoms with Crippen LogP contribution >= 0.6 is 0 Å². The molecule has 0 aromatic heterocycles. The molecule has 1 rings (SSSR count). The highest BCUT2D eigenvalue weighted by atomic mass is 19.4. The molecule has 0 saturated heterocycles. The molecule has 0 saturated carbocycles. The van der Waals surface area contributed by atoms with Crippen molar-refractivity contribution >= 4 is 5.97 Å². The topological polar surface area (TPSA) is 46.5 Å². The molecule has 0 atom stereocenters. The van der Waals surface area contributed by atoms with Crippen molar-refractivity contribution < 1.29 is 32.2 Å². The van der Waals surface area contributed by atoms with Gasteiger partial charge < -0.3 is 9.84 Å². The maximum absolute atomic E-state index is 12.9. The molecule has 16 heavy (non-hydrogen) atoms. The molecular formula is C9H6F4O3. The molecule has 1 aromatic rings. The summed E-state index contributed by atoms with van der Waals surface area (Å²) >= 11 is 0. The van der Waals surface area contributed by atoms with Crippen molar-refractivity contribution in [3.63, 3.8) is 0 Å². The number of alkyl halides is 3. The van der Waals surface area contributed by atoms with Crippen LogP contribution < -0.4 is 4.74 Å². The van der Waals surface area contributed by atoms with Gasteiger partial charge in [0.25, 0.3) is 0 Å². The van der Waals surface area contributed by atoms with E-state index in [0.29, 0.717) is 18.2 Å². The zero-order valence-corrected chi connectivity index (χ0v) is 7.71. The minimum Gasteiger partial charge on any atom is -0.479 e. The highest BCUT2D eigenvalue weighted by Gasteiger charge is 2.31. The summed E-state index contributed by atoms with van der Waals surface area (Å²) in [6.45, 7) is -0.905. The van der Waals surface area contributed by atoms with Gasteiger partial charge in [-0.25, -0.2) is 9.18 Å². The molecule has 0 aliphatic heterocycles. The summed E-state index contributed by atoms with van der Waals surface area (Å²) in [6.07, 6.45) is -4.63. The predicted octanol–water partition coefficient (Wildman–Crippen LogP) is 2.31. The molecule has 1 N–H and O–H groups in total. The third-order valence-corrected chi connectivity index (χ3v) is 1.61. The van der Waals surface area contributed by atoms with E-state index in [9.17, 15) is 22.4 Å². The van der Waals surface area contributed by atoms with E-state index in [1.54, 1.807) is 0 Å². The van der Waals surface area contributed by atoms with Gasteiger partial charge in [0.05, 0.1) is 5.56 Å². The highest BCUT2D eigenvalue weighted by molar-refractivity contribution is 5.68. The lowest BCUT2D eigenvalue weighted by Gasteiger charge is -2.09. The van der Waals surface area contributed by atoms with Gasteiger partial charge in [-0.1, -0.05) is 0 Å². The monoisotopic (exact) mass is 238 g/mol. The van der Waals surface area contributed by atoms with Gasteiger partial charge in [0.1, 0.15) is 0 Å². The number of rotatable bonds is 3. The molecule has 88 valence electrons.